The molecule has 0 bridgehead atoms. The molecule has 23 heavy (non-hydrogen) atoms. The van der Waals surface area contributed by atoms with Crippen molar-refractivity contribution in [1.82, 2.24) is 0 Å². The molecular formula is C20H34O3. The van der Waals surface area contributed by atoms with Crippen LogP contribution in [0.1, 0.15) is 84.5 Å². The number of allylic oxidation sites excluding steroid dienone is 1. The molecule has 0 aromatic carbocycles. The summed E-state index contributed by atoms with van der Waals surface area (Å²) in [6.45, 7) is 4.63. The van der Waals surface area contributed by atoms with E-state index in [1.54, 1.807) is 0 Å². The maximum Gasteiger partial charge on any atom is 0.371 e. The molecule has 0 radical (unpaired) electrons. The van der Waals surface area contributed by atoms with Gasteiger partial charge in [0.2, 0.25) is 5.76 Å². The first-order valence-electron chi connectivity index (χ1n) is 9.07. The smallest absolute Gasteiger partial charge is 0.371 e. The molecule has 0 amide bonds. The summed E-state index contributed by atoms with van der Waals surface area (Å²) in [4.78, 5) is 10.7. The molecule has 3 nitrogen and oxygen atoms in total. The fourth-order valence-electron chi connectivity index (χ4n) is 2.52. The number of unbranched alkanes of at least 4 members (excludes halogenated alkanes) is 7. The van der Waals surface area contributed by atoms with Crippen molar-refractivity contribution in [2.75, 3.05) is 7.11 Å². The monoisotopic (exact) mass is 322 g/mol. The Bertz CT molecular complexity index is 387. The van der Waals surface area contributed by atoms with Crippen LogP contribution in [-0.2, 0) is 9.53 Å². The molecule has 0 aromatic rings. The zero-order valence-electron chi connectivity index (χ0n) is 15.2. The van der Waals surface area contributed by atoms with Gasteiger partial charge in [-0.2, -0.15) is 0 Å². The molecule has 0 saturated heterocycles. The van der Waals surface area contributed by atoms with Crippen molar-refractivity contribution in [3.63, 3.8) is 0 Å². The van der Waals surface area contributed by atoms with E-state index in [-0.39, 0.29) is 5.76 Å². The van der Waals surface area contributed by atoms with Crippen LogP contribution in [0.25, 0.3) is 0 Å². The molecule has 1 N–H and O–H groups in total. The highest BCUT2D eigenvalue weighted by molar-refractivity contribution is 5.84. The average molecular weight is 322 g/mol. The van der Waals surface area contributed by atoms with E-state index in [4.69, 9.17) is 9.84 Å². The normalized spacial score (nSPS) is 12.4. The van der Waals surface area contributed by atoms with Gasteiger partial charge in [0.05, 0.1) is 7.11 Å². The Morgan fingerprint density at radius 3 is 2.26 bits per heavy atom. The summed E-state index contributed by atoms with van der Waals surface area (Å²) < 4.78 is 4.69. The van der Waals surface area contributed by atoms with E-state index >= 15 is 0 Å². The summed E-state index contributed by atoms with van der Waals surface area (Å²) in [6.07, 6.45) is 15.2. The Kier molecular flexibility index (Phi) is 14.5. The van der Waals surface area contributed by atoms with Gasteiger partial charge >= 0.3 is 5.97 Å². The van der Waals surface area contributed by atoms with Crippen LogP contribution in [0, 0.1) is 17.8 Å². The molecule has 0 heterocycles. The van der Waals surface area contributed by atoms with Crippen molar-refractivity contribution in [3.8, 4) is 11.8 Å². The van der Waals surface area contributed by atoms with E-state index in [2.05, 4.69) is 25.7 Å². The Labute approximate surface area is 142 Å². The van der Waals surface area contributed by atoms with Gasteiger partial charge in [-0.05, 0) is 12.3 Å². The van der Waals surface area contributed by atoms with E-state index in [9.17, 15) is 4.79 Å². The summed E-state index contributed by atoms with van der Waals surface area (Å²) in [5.74, 6) is 5.39. The minimum absolute atomic E-state index is 0.106. The van der Waals surface area contributed by atoms with Gasteiger partial charge in [0.15, 0.2) is 0 Å². The molecule has 1 unspecified atom stereocenters. The van der Waals surface area contributed by atoms with Gasteiger partial charge < -0.3 is 9.84 Å². The summed E-state index contributed by atoms with van der Waals surface area (Å²) in [5, 5.41) is 8.74. The van der Waals surface area contributed by atoms with Crippen molar-refractivity contribution < 1.29 is 14.6 Å². The number of ether oxygens (including phenoxy) is 1. The largest absolute Gasteiger partial charge is 0.489 e. The molecule has 0 saturated carbocycles. The second-order valence-electron chi connectivity index (χ2n) is 6.25. The van der Waals surface area contributed by atoms with Crippen molar-refractivity contribution in [1.29, 1.82) is 0 Å². The topological polar surface area (TPSA) is 46.5 Å². The molecule has 1 atom stereocenters. The number of hydrogen-bond acceptors (Lipinski definition) is 2. The number of methoxy groups -OCH3 is 1. The lowest BCUT2D eigenvalue weighted by Gasteiger charge is -2.10. The fourth-order valence-corrected chi connectivity index (χ4v) is 2.52. The van der Waals surface area contributed by atoms with Crippen LogP contribution in [0.4, 0.5) is 0 Å². The van der Waals surface area contributed by atoms with Crippen molar-refractivity contribution in [2.45, 2.75) is 84.5 Å². The van der Waals surface area contributed by atoms with Gasteiger partial charge in [-0.3, -0.25) is 0 Å². The van der Waals surface area contributed by atoms with Gasteiger partial charge in [0, 0.05) is 12.5 Å². The highest BCUT2D eigenvalue weighted by atomic mass is 16.5. The molecule has 132 valence electrons. The quantitative estimate of drug-likeness (QED) is 0.209. The van der Waals surface area contributed by atoms with Crippen LogP contribution in [0.15, 0.2) is 11.8 Å². The summed E-state index contributed by atoms with van der Waals surface area (Å²) in [5.41, 5.74) is 0. The Morgan fingerprint density at radius 2 is 1.70 bits per heavy atom. The Balaban J connectivity index is 3.55. The van der Waals surface area contributed by atoms with E-state index in [0.29, 0.717) is 0 Å². The minimum Gasteiger partial charge on any atom is -0.489 e. The van der Waals surface area contributed by atoms with Gasteiger partial charge in [-0.15, -0.1) is 0 Å². The van der Waals surface area contributed by atoms with Gasteiger partial charge in [0.1, 0.15) is 0 Å². The maximum absolute atomic E-state index is 10.7. The third kappa shape index (κ3) is 13.9. The van der Waals surface area contributed by atoms with Crippen LogP contribution < -0.4 is 0 Å². The number of hydrogen-bond donors (Lipinski definition) is 1. The van der Waals surface area contributed by atoms with Gasteiger partial charge in [-0.25, -0.2) is 4.79 Å². The lowest BCUT2D eigenvalue weighted by molar-refractivity contribution is -0.136. The molecular weight excluding hydrogens is 288 g/mol. The van der Waals surface area contributed by atoms with E-state index in [0.717, 1.165) is 18.8 Å². The average Bonchev–Trinajstić information content (AvgIpc) is 2.53. The Hall–Kier alpha value is -1.43. The third-order valence-electron chi connectivity index (χ3n) is 4.04. The number of aliphatic carboxylic acids is 1. The van der Waals surface area contributed by atoms with Gasteiger partial charge in [-0.1, -0.05) is 83.5 Å². The molecule has 0 aliphatic carbocycles. The van der Waals surface area contributed by atoms with Crippen molar-refractivity contribution >= 4 is 5.97 Å². The second-order valence-corrected chi connectivity index (χ2v) is 6.25. The number of rotatable bonds is 13. The molecule has 0 aromatic heterocycles. The van der Waals surface area contributed by atoms with Crippen LogP contribution in [0.5, 0.6) is 0 Å². The van der Waals surface area contributed by atoms with Crippen LogP contribution in [-0.4, -0.2) is 18.2 Å². The molecule has 0 aliphatic heterocycles. The minimum atomic E-state index is -1.08. The van der Waals surface area contributed by atoms with E-state index in [1.807, 2.05) is 0 Å². The molecule has 3 heteroatoms. The van der Waals surface area contributed by atoms with Crippen LogP contribution in [0.3, 0.4) is 0 Å². The first-order valence-corrected chi connectivity index (χ1v) is 9.07. The molecule has 0 rings (SSSR count). The highest BCUT2D eigenvalue weighted by Gasteiger charge is 2.03. The standard InChI is InChI=1S/C20H34O3/c1-4-5-6-12-15-18(2)16-13-10-8-7-9-11-14-17-19(23-3)20(21)22/h17-18H,4-10,12-13,15-16H2,1-3H3,(H,21,22)/b19-17-. The third-order valence-corrected chi connectivity index (χ3v) is 4.04. The number of carboxylic acid groups (broad SMARTS) is 1. The number of carbonyl (C=O) groups is 1. The highest BCUT2D eigenvalue weighted by Crippen LogP contribution is 2.17. The van der Waals surface area contributed by atoms with E-state index < -0.39 is 5.97 Å². The zero-order valence-corrected chi connectivity index (χ0v) is 15.2. The summed E-state index contributed by atoms with van der Waals surface area (Å²) in [6, 6.07) is 0. The lowest BCUT2D eigenvalue weighted by atomic mass is 9.96. The second kappa shape index (κ2) is 15.5. The van der Waals surface area contributed by atoms with Gasteiger partial charge in [0.25, 0.3) is 0 Å². The maximum atomic E-state index is 10.7. The van der Waals surface area contributed by atoms with E-state index in [1.165, 1.54) is 71.0 Å². The summed E-state index contributed by atoms with van der Waals surface area (Å²) in [7, 11) is 1.34. The lowest BCUT2D eigenvalue weighted by Crippen LogP contribution is -2.01. The first-order chi connectivity index (χ1) is 11.1. The zero-order chi connectivity index (χ0) is 17.3. The number of carboxylic acids is 1. The van der Waals surface area contributed by atoms with Crippen LogP contribution >= 0.6 is 0 Å². The predicted octanol–water partition coefficient (Wildman–Crippen LogP) is 5.55. The SMILES string of the molecule is CCCCCCC(C)CCCCCCC#C/C=C(\OC)C(=O)O. The summed E-state index contributed by atoms with van der Waals surface area (Å²) >= 11 is 0. The van der Waals surface area contributed by atoms with Crippen molar-refractivity contribution in [3.05, 3.63) is 11.8 Å². The molecule has 0 fully saturated rings. The predicted molar refractivity (Wildman–Crippen MR) is 96.1 cm³/mol. The Morgan fingerprint density at radius 1 is 1.09 bits per heavy atom. The first kappa shape index (κ1) is 21.6. The molecule has 0 spiro atoms. The molecule has 0 aliphatic rings. The van der Waals surface area contributed by atoms with Crippen LogP contribution in [0.2, 0.25) is 0 Å². The van der Waals surface area contributed by atoms with Crippen molar-refractivity contribution in [2.24, 2.45) is 5.92 Å². The fraction of sp³-hybridized carbons (Fsp3) is 0.750.